The van der Waals surface area contributed by atoms with Gasteiger partial charge >= 0.3 is 0 Å². The van der Waals surface area contributed by atoms with Gasteiger partial charge in [-0.25, -0.2) is 30.3 Å². The normalized spacial score (nSPS) is 31.3. The number of rotatable bonds is 3. The fourth-order valence-corrected chi connectivity index (χ4v) is 10.4. The summed E-state index contributed by atoms with van der Waals surface area (Å²) < 4.78 is 90.9. The summed E-state index contributed by atoms with van der Waals surface area (Å²) in [6.45, 7) is 1.55. The fourth-order valence-electron chi connectivity index (χ4n) is 6.19. The number of nitriles is 1. The van der Waals surface area contributed by atoms with E-state index in [2.05, 4.69) is 4.72 Å². The molecule has 1 saturated heterocycles. The molecular formula is C24H24F2N2O5S2. The number of hydrogen-bond donors (Lipinski definition) is 1. The number of sulfone groups is 1. The predicted molar refractivity (Wildman–Crippen MR) is 123 cm³/mol. The third-order valence-electron chi connectivity index (χ3n) is 7.87. The Balaban J connectivity index is 1.75. The molecule has 5 rings (SSSR count). The zero-order valence-electron chi connectivity index (χ0n) is 18.9. The van der Waals surface area contributed by atoms with Crippen molar-refractivity contribution in [1.29, 1.82) is 5.26 Å². The summed E-state index contributed by atoms with van der Waals surface area (Å²) in [5, 5.41) is 8.39. The lowest BCUT2D eigenvalue weighted by molar-refractivity contribution is 0.0491. The van der Waals surface area contributed by atoms with Gasteiger partial charge in [0.05, 0.1) is 33.9 Å². The summed E-state index contributed by atoms with van der Waals surface area (Å²) in [7, 11) is -7.92. The third kappa shape index (κ3) is 3.41. The summed E-state index contributed by atoms with van der Waals surface area (Å²) in [5.41, 5.74) is -0.0724. The molecule has 0 unspecified atom stereocenters. The lowest BCUT2D eigenvalue weighted by Gasteiger charge is -2.54. The van der Waals surface area contributed by atoms with Crippen LogP contribution in [0.2, 0.25) is 0 Å². The van der Waals surface area contributed by atoms with Crippen LogP contribution in [0.1, 0.15) is 43.7 Å². The van der Waals surface area contributed by atoms with Gasteiger partial charge in [0.1, 0.15) is 10.6 Å². The average molecular weight is 523 g/mol. The number of ether oxygens (including phenoxy) is 1. The highest BCUT2D eigenvalue weighted by Crippen LogP contribution is 2.59. The van der Waals surface area contributed by atoms with Crippen LogP contribution in [0.15, 0.2) is 41.3 Å². The number of sulfonamides is 1. The summed E-state index contributed by atoms with van der Waals surface area (Å²) in [4.78, 5) is -0.111. The molecule has 0 radical (unpaired) electrons. The molecule has 11 heteroatoms. The molecular weight excluding hydrogens is 498 g/mol. The minimum Gasteiger partial charge on any atom is -0.490 e. The highest BCUT2D eigenvalue weighted by molar-refractivity contribution is 7.92. The van der Waals surface area contributed by atoms with Crippen molar-refractivity contribution in [1.82, 2.24) is 4.72 Å². The van der Waals surface area contributed by atoms with E-state index in [9.17, 15) is 21.2 Å². The van der Waals surface area contributed by atoms with Gasteiger partial charge in [0, 0.05) is 12.0 Å². The van der Waals surface area contributed by atoms with Crippen LogP contribution >= 0.6 is 0 Å². The van der Waals surface area contributed by atoms with E-state index in [1.54, 1.807) is 6.92 Å². The molecule has 0 spiro atoms. The maximum absolute atomic E-state index is 15.5. The SMILES string of the molecule is CC[C@@H]1C[C@H]2[C@H](CC[C@@]3(S(=O)(=O)c4ccc(C#N)cc4)c4c(F)ccc(F)c4OC[C@@H]23)NS1(=O)=O. The second kappa shape index (κ2) is 8.25. The molecule has 2 aliphatic heterocycles. The Bertz CT molecular complexity index is 1440. The monoisotopic (exact) mass is 522 g/mol. The molecule has 1 N–H and O–H groups in total. The Kier molecular flexibility index (Phi) is 5.69. The van der Waals surface area contributed by atoms with Crippen LogP contribution < -0.4 is 9.46 Å². The highest BCUT2D eigenvalue weighted by Gasteiger charge is 2.64. The standard InChI is InChI=1S/C24H24F2N2O5S2/c1-2-15-11-17-18-13-33-23-20(26)8-7-19(25)22(23)24(18,10-9-21(17)28-35(15,31)32)34(29,30)16-5-3-14(12-27)4-6-16/h3-8,15,17-18,21,28H,2,9-11,13H2,1H3/t15-,17-,18+,21+,24+/m1/s1. The fraction of sp³-hybridized carbons (Fsp3) is 0.458. The zero-order chi connectivity index (χ0) is 25.2. The van der Waals surface area contributed by atoms with Gasteiger partial charge in [-0.2, -0.15) is 5.26 Å². The Hall–Kier alpha value is -2.55. The Labute approximate surface area is 203 Å². The van der Waals surface area contributed by atoms with E-state index < -0.39 is 65.1 Å². The first-order valence-electron chi connectivity index (χ1n) is 11.4. The van der Waals surface area contributed by atoms with E-state index in [1.807, 2.05) is 6.07 Å². The Morgan fingerprint density at radius 1 is 1.17 bits per heavy atom. The van der Waals surface area contributed by atoms with Crippen LogP contribution in [0.3, 0.4) is 0 Å². The average Bonchev–Trinajstić information content (AvgIpc) is 2.84. The van der Waals surface area contributed by atoms with Crippen molar-refractivity contribution in [3.8, 4) is 11.8 Å². The predicted octanol–water partition coefficient (Wildman–Crippen LogP) is 3.39. The van der Waals surface area contributed by atoms with Gasteiger partial charge in [0.15, 0.2) is 21.4 Å². The molecule has 5 atom stereocenters. The van der Waals surface area contributed by atoms with Crippen LogP contribution in [0.5, 0.6) is 5.75 Å². The third-order valence-corrected chi connectivity index (χ3v) is 12.5. The van der Waals surface area contributed by atoms with E-state index in [-0.39, 0.29) is 41.9 Å². The number of halogens is 2. The van der Waals surface area contributed by atoms with Gasteiger partial charge in [-0.3, -0.25) is 0 Å². The van der Waals surface area contributed by atoms with Gasteiger partial charge in [0.2, 0.25) is 10.0 Å². The summed E-state index contributed by atoms with van der Waals surface area (Å²) in [6.07, 6.45) is 0.557. The first-order chi connectivity index (χ1) is 16.6. The molecule has 2 aromatic rings. The minimum atomic E-state index is -4.34. The van der Waals surface area contributed by atoms with Crippen molar-refractivity contribution in [2.45, 2.75) is 53.5 Å². The second-order valence-electron chi connectivity index (χ2n) is 9.42. The van der Waals surface area contributed by atoms with E-state index in [0.717, 1.165) is 12.1 Å². The van der Waals surface area contributed by atoms with Crippen LogP contribution in [0.4, 0.5) is 8.78 Å². The largest absolute Gasteiger partial charge is 0.490 e. The van der Waals surface area contributed by atoms with Crippen molar-refractivity contribution in [3.63, 3.8) is 0 Å². The number of hydrogen-bond acceptors (Lipinski definition) is 6. The van der Waals surface area contributed by atoms with E-state index in [1.165, 1.54) is 24.3 Å². The van der Waals surface area contributed by atoms with Gasteiger partial charge in [-0.05, 0) is 68.0 Å². The van der Waals surface area contributed by atoms with Gasteiger partial charge in [0.25, 0.3) is 0 Å². The molecule has 2 heterocycles. The smallest absolute Gasteiger partial charge is 0.214 e. The maximum atomic E-state index is 15.5. The lowest BCUT2D eigenvalue weighted by Crippen LogP contribution is -2.63. The number of fused-ring (bicyclic) bond motifs is 5. The molecule has 186 valence electrons. The van der Waals surface area contributed by atoms with E-state index >= 15 is 4.39 Å². The topological polar surface area (TPSA) is 113 Å². The number of nitrogens with zero attached hydrogens (tertiary/aromatic N) is 1. The van der Waals surface area contributed by atoms with E-state index in [4.69, 9.17) is 10.00 Å². The molecule has 7 nitrogen and oxygen atoms in total. The Morgan fingerprint density at radius 2 is 1.86 bits per heavy atom. The van der Waals surface area contributed by atoms with Crippen molar-refractivity contribution in [3.05, 3.63) is 59.2 Å². The number of nitrogens with one attached hydrogen (secondary N) is 1. The van der Waals surface area contributed by atoms with Crippen LogP contribution in [0, 0.1) is 34.8 Å². The van der Waals surface area contributed by atoms with Crippen LogP contribution in [-0.4, -0.2) is 34.7 Å². The quantitative estimate of drug-likeness (QED) is 0.661. The maximum Gasteiger partial charge on any atom is 0.214 e. The lowest BCUT2D eigenvalue weighted by atomic mass is 9.64. The molecule has 2 aromatic carbocycles. The van der Waals surface area contributed by atoms with Crippen molar-refractivity contribution in [2.75, 3.05) is 6.61 Å². The molecule has 1 saturated carbocycles. The second-order valence-corrected chi connectivity index (χ2v) is 13.6. The highest BCUT2D eigenvalue weighted by atomic mass is 32.2. The minimum absolute atomic E-state index is 0.111. The molecule has 0 amide bonds. The number of benzene rings is 2. The van der Waals surface area contributed by atoms with Crippen LogP contribution in [-0.2, 0) is 24.6 Å². The molecule has 0 bridgehead atoms. The summed E-state index contributed by atoms with van der Waals surface area (Å²) in [6, 6.07) is 8.56. The van der Waals surface area contributed by atoms with Crippen molar-refractivity contribution >= 4 is 19.9 Å². The molecule has 3 aliphatic rings. The van der Waals surface area contributed by atoms with Gasteiger partial charge < -0.3 is 4.74 Å². The van der Waals surface area contributed by atoms with Crippen LogP contribution in [0.25, 0.3) is 0 Å². The van der Waals surface area contributed by atoms with E-state index in [0.29, 0.717) is 6.42 Å². The molecule has 0 aromatic heterocycles. The summed E-state index contributed by atoms with van der Waals surface area (Å²) in [5.74, 6) is -3.43. The molecule has 35 heavy (non-hydrogen) atoms. The molecule has 1 aliphatic carbocycles. The zero-order valence-corrected chi connectivity index (χ0v) is 20.5. The first-order valence-corrected chi connectivity index (χ1v) is 14.5. The van der Waals surface area contributed by atoms with Crippen molar-refractivity contribution < 1.29 is 30.4 Å². The molecule has 2 fully saturated rings. The first kappa shape index (κ1) is 24.2. The Morgan fingerprint density at radius 3 is 2.51 bits per heavy atom. The van der Waals surface area contributed by atoms with Gasteiger partial charge in [-0.15, -0.1) is 0 Å². The summed E-state index contributed by atoms with van der Waals surface area (Å²) >= 11 is 0. The van der Waals surface area contributed by atoms with Crippen molar-refractivity contribution in [2.24, 2.45) is 11.8 Å². The van der Waals surface area contributed by atoms with Gasteiger partial charge in [-0.1, -0.05) is 6.92 Å².